The molecule has 6 heteroatoms. The van der Waals surface area contributed by atoms with E-state index in [1.807, 2.05) is 18.7 Å². The lowest BCUT2D eigenvalue weighted by atomic mass is 10.2. The van der Waals surface area contributed by atoms with Crippen LogP contribution >= 0.6 is 11.8 Å². The molecule has 0 aliphatic carbocycles. The average molecular weight is 311 g/mol. The van der Waals surface area contributed by atoms with E-state index in [-0.39, 0.29) is 17.3 Å². The predicted molar refractivity (Wildman–Crippen MR) is 85.4 cm³/mol. The molecule has 1 aliphatic heterocycles. The Morgan fingerprint density at radius 3 is 3.10 bits per heavy atom. The summed E-state index contributed by atoms with van der Waals surface area (Å²) in [4.78, 5) is 16.1. The van der Waals surface area contributed by atoms with Crippen LogP contribution in [0.5, 0.6) is 0 Å². The molecule has 0 radical (unpaired) electrons. The number of halogens is 1. The number of anilines is 1. The Balaban J connectivity index is 1.94. The maximum absolute atomic E-state index is 14.2. The van der Waals surface area contributed by atoms with E-state index in [0.29, 0.717) is 18.3 Å². The summed E-state index contributed by atoms with van der Waals surface area (Å²) in [5.41, 5.74) is 0.0596. The molecule has 1 atom stereocenters. The van der Waals surface area contributed by atoms with Gasteiger partial charge in [0, 0.05) is 24.5 Å². The van der Waals surface area contributed by atoms with Gasteiger partial charge in [0.05, 0.1) is 5.56 Å². The van der Waals surface area contributed by atoms with Crippen molar-refractivity contribution in [1.29, 1.82) is 0 Å². The van der Waals surface area contributed by atoms with Gasteiger partial charge < -0.3 is 10.6 Å². The van der Waals surface area contributed by atoms with Crippen molar-refractivity contribution in [3.8, 4) is 0 Å². The second-order valence-electron chi connectivity index (χ2n) is 5.15. The third kappa shape index (κ3) is 4.59. The molecular formula is C15H22FN3OS. The molecule has 21 heavy (non-hydrogen) atoms. The number of hydrogen-bond donors (Lipinski definition) is 2. The second kappa shape index (κ2) is 8.22. The number of hydrogen-bond acceptors (Lipinski definition) is 4. The molecular weight excluding hydrogens is 289 g/mol. The summed E-state index contributed by atoms with van der Waals surface area (Å²) in [6.45, 7) is 3.22. The van der Waals surface area contributed by atoms with Crippen LogP contribution in [0.4, 0.5) is 10.2 Å². The molecule has 1 aromatic rings. The molecule has 1 fully saturated rings. The van der Waals surface area contributed by atoms with E-state index in [1.165, 1.54) is 25.1 Å². The summed E-state index contributed by atoms with van der Waals surface area (Å²) in [7, 11) is 0. The van der Waals surface area contributed by atoms with E-state index in [2.05, 4.69) is 15.6 Å². The molecule has 1 aromatic heterocycles. The van der Waals surface area contributed by atoms with Gasteiger partial charge in [-0.3, -0.25) is 4.79 Å². The number of pyridine rings is 1. The van der Waals surface area contributed by atoms with E-state index in [9.17, 15) is 9.18 Å². The van der Waals surface area contributed by atoms with Crippen LogP contribution in [0.2, 0.25) is 0 Å². The normalized spacial score (nSPS) is 18.3. The van der Waals surface area contributed by atoms with Crippen LogP contribution in [0.1, 0.15) is 43.0 Å². The van der Waals surface area contributed by atoms with Crippen molar-refractivity contribution in [2.24, 2.45) is 0 Å². The highest BCUT2D eigenvalue weighted by Gasteiger charge is 2.18. The topological polar surface area (TPSA) is 54.0 Å². The van der Waals surface area contributed by atoms with Crippen LogP contribution in [0.25, 0.3) is 0 Å². The molecule has 0 aromatic carbocycles. The average Bonchev–Trinajstić information content (AvgIpc) is 2.52. The van der Waals surface area contributed by atoms with Crippen LogP contribution in [0, 0.1) is 5.82 Å². The number of amides is 1. The largest absolute Gasteiger partial charge is 0.368 e. The number of thioether (sulfide) groups is 1. The van der Waals surface area contributed by atoms with E-state index >= 15 is 0 Å². The first-order valence-electron chi connectivity index (χ1n) is 7.50. The molecule has 1 saturated heterocycles. The summed E-state index contributed by atoms with van der Waals surface area (Å²) in [5, 5.41) is 6.18. The van der Waals surface area contributed by atoms with E-state index in [1.54, 1.807) is 0 Å². The van der Waals surface area contributed by atoms with Crippen LogP contribution in [0.15, 0.2) is 12.3 Å². The molecule has 4 nitrogen and oxygen atoms in total. The number of aromatic nitrogens is 1. The quantitative estimate of drug-likeness (QED) is 0.848. The van der Waals surface area contributed by atoms with Crippen molar-refractivity contribution < 1.29 is 9.18 Å². The Morgan fingerprint density at radius 2 is 2.38 bits per heavy atom. The van der Waals surface area contributed by atoms with E-state index in [0.717, 1.165) is 18.6 Å². The standard InChI is InChI=1S/C15H22FN3OS/c1-2-7-17-14-13(16)12(6-8-18-14)15(20)19-10-11-5-3-4-9-21-11/h6,8,11H,2-5,7,9-10H2,1H3,(H,17,18)(H,19,20). The maximum atomic E-state index is 14.2. The third-order valence-electron chi connectivity index (χ3n) is 3.44. The van der Waals surface area contributed by atoms with Crippen molar-refractivity contribution >= 4 is 23.5 Å². The first-order chi connectivity index (χ1) is 10.2. The molecule has 2 rings (SSSR count). The Hall–Kier alpha value is -1.30. The van der Waals surface area contributed by atoms with Crippen LogP contribution < -0.4 is 10.6 Å². The van der Waals surface area contributed by atoms with Gasteiger partial charge in [-0.2, -0.15) is 11.8 Å². The summed E-state index contributed by atoms with van der Waals surface area (Å²) in [6, 6.07) is 1.43. The Labute approximate surface area is 129 Å². The minimum absolute atomic E-state index is 0.0596. The van der Waals surface area contributed by atoms with E-state index < -0.39 is 5.82 Å². The molecule has 0 spiro atoms. The predicted octanol–water partition coefficient (Wildman–Crippen LogP) is 3.06. The fourth-order valence-electron chi connectivity index (χ4n) is 2.26. The zero-order chi connectivity index (χ0) is 15.1. The lowest BCUT2D eigenvalue weighted by Gasteiger charge is -2.21. The van der Waals surface area contributed by atoms with E-state index in [4.69, 9.17) is 0 Å². The summed E-state index contributed by atoms with van der Waals surface area (Å²) in [6.07, 6.45) is 5.91. The van der Waals surface area contributed by atoms with Gasteiger partial charge in [0.1, 0.15) is 0 Å². The first-order valence-corrected chi connectivity index (χ1v) is 8.55. The lowest BCUT2D eigenvalue weighted by molar-refractivity contribution is 0.0949. The molecule has 0 bridgehead atoms. The van der Waals surface area contributed by atoms with Gasteiger partial charge in [-0.15, -0.1) is 0 Å². The minimum Gasteiger partial charge on any atom is -0.368 e. The number of nitrogens with zero attached hydrogens (tertiary/aromatic N) is 1. The highest BCUT2D eigenvalue weighted by atomic mass is 32.2. The molecule has 2 heterocycles. The molecule has 1 aliphatic rings. The zero-order valence-corrected chi connectivity index (χ0v) is 13.1. The lowest BCUT2D eigenvalue weighted by Crippen LogP contribution is -2.32. The van der Waals surface area contributed by atoms with Gasteiger partial charge in [-0.1, -0.05) is 13.3 Å². The fraction of sp³-hybridized carbons (Fsp3) is 0.600. The number of nitrogens with one attached hydrogen (secondary N) is 2. The van der Waals surface area contributed by atoms with Crippen molar-refractivity contribution in [2.75, 3.05) is 24.2 Å². The zero-order valence-electron chi connectivity index (χ0n) is 12.3. The SMILES string of the molecule is CCCNc1nccc(C(=O)NCC2CCCCS2)c1F. The van der Waals surface area contributed by atoms with Gasteiger partial charge in [-0.25, -0.2) is 9.37 Å². The van der Waals surface area contributed by atoms with Gasteiger partial charge in [-0.05, 0) is 31.1 Å². The highest BCUT2D eigenvalue weighted by molar-refractivity contribution is 7.99. The van der Waals surface area contributed by atoms with Gasteiger partial charge in [0.2, 0.25) is 0 Å². The molecule has 116 valence electrons. The van der Waals surface area contributed by atoms with Gasteiger partial charge >= 0.3 is 0 Å². The van der Waals surface area contributed by atoms with Gasteiger partial charge in [0.25, 0.3) is 5.91 Å². The summed E-state index contributed by atoms with van der Waals surface area (Å²) >= 11 is 1.89. The van der Waals surface area contributed by atoms with Crippen molar-refractivity contribution in [1.82, 2.24) is 10.3 Å². The number of carbonyl (C=O) groups is 1. The van der Waals surface area contributed by atoms with Crippen LogP contribution in [0.3, 0.4) is 0 Å². The van der Waals surface area contributed by atoms with Crippen molar-refractivity contribution in [2.45, 2.75) is 37.9 Å². The molecule has 0 saturated carbocycles. The molecule has 1 unspecified atom stereocenters. The van der Waals surface area contributed by atoms with Crippen LogP contribution in [-0.4, -0.2) is 35.0 Å². The monoisotopic (exact) mass is 311 g/mol. The Morgan fingerprint density at radius 1 is 1.52 bits per heavy atom. The third-order valence-corrected chi connectivity index (χ3v) is 4.84. The Bertz CT molecular complexity index is 478. The van der Waals surface area contributed by atoms with Crippen molar-refractivity contribution in [3.05, 3.63) is 23.6 Å². The molecule has 1 amide bonds. The van der Waals surface area contributed by atoms with Gasteiger partial charge in [0.15, 0.2) is 11.6 Å². The number of carbonyl (C=O) groups excluding carboxylic acids is 1. The smallest absolute Gasteiger partial charge is 0.254 e. The second-order valence-corrected chi connectivity index (χ2v) is 6.55. The van der Waals surface area contributed by atoms with Crippen LogP contribution in [-0.2, 0) is 0 Å². The fourth-order valence-corrected chi connectivity index (χ4v) is 3.49. The first kappa shape index (κ1) is 16.1. The molecule has 2 N–H and O–H groups in total. The maximum Gasteiger partial charge on any atom is 0.254 e. The highest BCUT2D eigenvalue weighted by Crippen LogP contribution is 2.24. The summed E-state index contributed by atoms with van der Waals surface area (Å²) < 4.78 is 14.2. The summed E-state index contributed by atoms with van der Waals surface area (Å²) in [5.74, 6) is 0.367. The Kier molecular flexibility index (Phi) is 6.29. The van der Waals surface area contributed by atoms with Crippen molar-refractivity contribution in [3.63, 3.8) is 0 Å². The number of rotatable bonds is 6. The minimum atomic E-state index is -0.570.